The third-order valence-corrected chi connectivity index (χ3v) is 9.74. The van der Waals surface area contributed by atoms with E-state index in [4.69, 9.17) is 10.00 Å². The number of hydrogen-bond acceptors (Lipinski definition) is 8. The molecule has 2 aromatic carbocycles. The zero-order valence-electron chi connectivity index (χ0n) is 25.2. The fourth-order valence-electron chi connectivity index (χ4n) is 7.16. The summed E-state index contributed by atoms with van der Waals surface area (Å²) in [4.78, 5) is 56.3. The number of nitrogens with one attached hydrogen (secondary N) is 1. The van der Waals surface area contributed by atoms with E-state index in [1.807, 2.05) is 23.1 Å². The summed E-state index contributed by atoms with van der Waals surface area (Å²) in [5.74, 6) is -0.258. The van der Waals surface area contributed by atoms with Crippen molar-refractivity contribution in [3.8, 4) is 17.9 Å². The fourth-order valence-corrected chi connectivity index (χ4v) is 7.16. The van der Waals surface area contributed by atoms with Crippen molar-refractivity contribution in [1.29, 1.82) is 10.5 Å². The van der Waals surface area contributed by atoms with Gasteiger partial charge in [0.2, 0.25) is 17.7 Å². The number of likely N-dealkylation sites (tertiary alicyclic amines) is 2. The summed E-state index contributed by atoms with van der Waals surface area (Å²) in [6.45, 7) is 3.26. The van der Waals surface area contributed by atoms with Crippen molar-refractivity contribution in [2.24, 2.45) is 0 Å². The molecule has 3 saturated heterocycles. The van der Waals surface area contributed by atoms with E-state index >= 15 is 0 Å². The van der Waals surface area contributed by atoms with Crippen LogP contribution in [0.5, 0.6) is 5.75 Å². The number of carbonyl (C=O) groups excluding carboxylic acids is 4. The van der Waals surface area contributed by atoms with Gasteiger partial charge in [-0.15, -0.1) is 0 Å². The van der Waals surface area contributed by atoms with Crippen LogP contribution in [0.1, 0.15) is 72.0 Å². The van der Waals surface area contributed by atoms with Crippen LogP contribution >= 0.6 is 0 Å². The van der Waals surface area contributed by atoms with E-state index in [0.29, 0.717) is 68.8 Å². The van der Waals surface area contributed by atoms with Crippen molar-refractivity contribution in [2.45, 2.75) is 69.0 Å². The normalized spacial score (nSPS) is 22.8. The number of nitriles is 2. The van der Waals surface area contributed by atoms with Gasteiger partial charge in [-0.25, -0.2) is 0 Å². The molecule has 4 amide bonds. The second-order valence-electron chi connectivity index (χ2n) is 12.3. The summed E-state index contributed by atoms with van der Waals surface area (Å²) in [6, 6.07) is 16.3. The average molecular weight is 609 g/mol. The van der Waals surface area contributed by atoms with Crippen LogP contribution in [-0.2, 0) is 26.3 Å². The molecular formula is C34H36N6O5. The number of imide groups is 1. The number of ether oxygens (including phenoxy) is 1. The van der Waals surface area contributed by atoms with Crippen LogP contribution in [0.4, 0.5) is 0 Å². The average Bonchev–Trinajstić information content (AvgIpc) is 3.67. The first kappa shape index (κ1) is 30.3. The number of fused-ring (bicyclic) bond motifs is 1. The standard InChI is InChI=1S/C34H36N6O5/c35-20-23-7-9-24(10-8-23)34(22-36)13-17-39(18-14-34)33(44)28-5-2-15-38(28)16-3-19-45-29-6-1-4-25-26(29)21-40(32(25)43)27-11-12-30(41)37-31(27)42/h1,4,6-10,27-28H,2-3,5,11-19,21H2,(H,37,41,42)/t27?,28-/m1/s1. The number of benzene rings is 2. The van der Waals surface area contributed by atoms with E-state index in [-0.39, 0.29) is 36.7 Å². The third kappa shape index (κ3) is 5.88. The topological polar surface area (TPSA) is 147 Å². The molecule has 45 heavy (non-hydrogen) atoms. The van der Waals surface area contributed by atoms with Crippen LogP contribution in [0.25, 0.3) is 0 Å². The number of rotatable bonds is 8. The van der Waals surface area contributed by atoms with Gasteiger partial charge in [0, 0.05) is 37.2 Å². The van der Waals surface area contributed by atoms with Gasteiger partial charge < -0.3 is 14.5 Å². The number of piperidine rings is 2. The molecule has 0 spiro atoms. The van der Waals surface area contributed by atoms with Gasteiger partial charge in [0.1, 0.15) is 11.8 Å². The van der Waals surface area contributed by atoms with Gasteiger partial charge in [-0.1, -0.05) is 18.2 Å². The second kappa shape index (κ2) is 12.7. The number of hydrogen-bond donors (Lipinski definition) is 1. The number of carbonyl (C=O) groups is 4. The summed E-state index contributed by atoms with van der Waals surface area (Å²) < 4.78 is 6.14. The van der Waals surface area contributed by atoms with Crippen LogP contribution in [0.2, 0.25) is 0 Å². The number of nitrogens with zero attached hydrogens (tertiary/aromatic N) is 5. The molecule has 0 aliphatic carbocycles. The molecule has 2 atom stereocenters. The Kier molecular flexibility index (Phi) is 8.55. The minimum atomic E-state index is -0.674. The molecule has 1 N–H and O–H groups in total. The lowest BCUT2D eigenvalue weighted by Crippen LogP contribution is -2.52. The highest BCUT2D eigenvalue weighted by molar-refractivity contribution is 6.05. The summed E-state index contributed by atoms with van der Waals surface area (Å²) >= 11 is 0. The molecule has 0 saturated carbocycles. The van der Waals surface area contributed by atoms with Gasteiger partial charge in [0.15, 0.2) is 0 Å². The van der Waals surface area contributed by atoms with Gasteiger partial charge in [-0.2, -0.15) is 10.5 Å². The predicted octanol–water partition coefficient (Wildman–Crippen LogP) is 2.64. The van der Waals surface area contributed by atoms with Crippen LogP contribution in [0, 0.1) is 22.7 Å². The van der Waals surface area contributed by atoms with E-state index in [1.54, 1.807) is 24.3 Å². The van der Waals surface area contributed by atoms with E-state index in [0.717, 1.165) is 30.5 Å². The maximum absolute atomic E-state index is 13.6. The molecule has 11 nitrogen and oxygen atoms in total. The molecule has 3 fully saturated rings. The van der Waals surface area contributed by atoms with Crippen LogP contribution in [-0.4, -0.2) is 83.2 Å². The van der Waals surface area contributed by atoms with Gasteiger partial charge in [0.05, 0.1) is 42.3 Å². The quantitative estimate of drug-likeness (QED) is 0.356. The third-order valence-electron chi connectivity index (χ3n) is 9.74. The summed E-state index contributed by atoms with van der Waals surface area (Å²) in [5.41, 5.74) is 2.07. The molecule has 232 valence electrons. The highest BCUT2D eigenvalue weighted by Gasteiger charge is 2.42. The lowest BCUT2D eigenvalue weighted by atomic mass is 9.74. The van der Waals surface area contributed by atoms with Crippen LogP contribution in [0.3, 0.4) is 0 Å². The van der Waals surface area contributed by atoms with Crippen molar-refractivity contribution >= 4 is 23.6 Å². The zero-order valence-corrected chi connectivity index (χ0v) is 25.2. The van der Waals surface area contributed by atoms with Crippen molar-refractivity contribution in [3.63, 3.8) is 0 Å². The first-order valence-electron chi connectivity index (χ1n) is 15.7. The van der Waals surface area contributed by atoms with E-state index in [2.05, 4.69) is 22.4 Å². The summed E-state index contributed by atoms with van der Waals surface area (Å²) in [7, 11) is 0. The Balaban J connectivity index is 1.01. The summed E-state index contributed by atoms with van der Waals surface area (Å²) in [6.07, 6.45) is 4.09. The van der Waals surface area contributed by atoms with Gasteiger partial charge in [-0.3, -0.25) is 29.4 Å². The first-order valence-corrected chi connectivity index (χ1v) is 15.7. The van der Waals surface area contributed by atoms with E-state index in [9.17, 15) is 24.4 Å². The van der Waals surface area contributed by atoms with E-state index < -0.39 is 17.4 Å². The predicted molar refractivity (Wildman–Crippen MR) is 161 cm³/mol. The maximum atomic E-state index is 13.6. The molecule has 2 aromatic rings. The van der Waals surface area contributed by atoms with Gasteiger partial charge in [-0.05, 0) is 74.9 Å². The largest absolute Gasteiger partial charge is 0.493 e. The summed E-state index contributed by atoms with van der Waals surface area (Å²) in [5, 5.41) is 21.5. The molecule has 0 aromatic heterocycles. The van der Waals surface area contributed by atoms with Crippen LogP contribution in [0.15, 0.2) is 42.5 Å². The lowest BCUT2D eigenvalue weighted by molar-refractivity contribution is -0.138. The van der Waals surface area contributed by atoms with Crippen molar-refractivity contribution in [2.75, 3.05) is 32.8 Å². The SMILES string of the molecule is N#Cc1ccc(C2(C#N)CCN(C(=O)[C@H]3CCCN3CCCOc3cccc4c3CN(C3CCC(=O)NC3=O)C4=O)CC2)cc1. The minimum absolute atomic E-state index is 0.118. The molecule has 4 aliphatic rings. The van der Waals surface area contributed by atoms with Crippen molar-refractivity contribution < 1.29 is 23.9 Å². The molecule has 4 aliphatic heterocycles. The lowest BCUT2D eigenvalue weighted by Gasteiger charge is -2.39. The number of amides is 4. The first-order chi connectivity index (χ1) is 21.8. The Morgan fingerprint density at radius 2 is 1.80 bits per heavy atom. The van der Waals surface area contributed by atoms with E-state index in [1.165, 1.54) is 4.90 Å². The Hall–Kier alpha value is -4.74. The molecule has 6 rings (SSSR count). The highest BCUT2D eigenvalue weighted by atomic mass is 16.5. The maximum Gasteiger partial charge on any atom is 0.255 e. The second-order valence-corrected chi connectivity index (χ2v) is 12.3. The van der Waals surface area contributed by atoms with Gasteiger partial charge >= 0.3 is 0 Å². The molecule has 4 heterocycles. The van der Waals surface area contributed by atoms with Gasteiger partial charge in [0.25, 0.3) is 5.91 Å². The molecule has 0 radical (unpaired) electrons. The van der Waals surface area contributed by atoms with Crippen LogP contribution < -0.4 is 10.1 Å². The molecular weight excluding hydrogens is 572 g/mol. The smallest absolute Gasteiger partial charge is 0.255 e. The molecule has 11 heteroatoms. The fraction of sp³-hybridized carbons (Fsp3) is 0.471. The monoisotopic (exact) mass is 608 g/mol. The van der Waals surface area contributed by atoms with Crippen molar-refractivity contribution in [3.05, 3.63) is 64.7 Å². The zero-order chi connectivity index (χ0) is 31.6. The Bertz CT molecular complexity index is 1580. The molecule has 1 unspecified atom stereocenters. The Morgan fingerprint density at radius 3 is 2.51 bits per heavy atom. The highest BCUT2D eigenvalue weighted by Crippen LogP contribution is 2.36. The molecule has 0 bridgehead atoms. The Labute approximate surface area is 262 Å². The Morgan fingerprint density at radius 1 is 1.02 bits per heavy atom. The van der Waals surface area contributed by atoms with Crippen molar-refractivity contribution in [1.82, 2.24) is 20.0 Å². The minimum Gasteiger partial charge on any atom is -0.493 e.